The van der Waals surface area contributed by atoms with Crippen LogP contribution in [0.3, 0.4) is 0 Å². The van der Waals surface area contributed by atoms with Gasteiger partial charge in [0.05, 0.1) is 12.5 Å². The fraction of sp³-hybridized carbons (Fsp3) is 0.308. The molecule has 1 aromatic carbocycles. The number of anilines is 1. The normalized spacial score (nSPS) is 18.1. The van der Waals surface area contributed by atoms with Gasteiger partial charge in [0.15, 0.2) is 5.82 Å². The van der Waals surface area contributed by atoms with E-state index in [1.165, 1.54) is 6.39 Å². The molecule has 2 aromatic rings. The van der Waals surface area contributed by atoms with Gasteiger partial charge in [0.1, 0.15) is 0 Å². The van der Waals surface area contributed by atoms with E-state index < -0.39 is 11.9 Å². The first-order chi connectivity index (χ1) is 9.25. The second kappa shape index (κ2) is 4.72. The standard InChI is InChI=1S/C13H13N3O3/c17-13(18)10-5-6-16(7-12-14-8-19-15-12)11-4-2-1-3-9(10)11/h1-4,8,10H,5-7H2,(H,17,18). The van der Waals surface area contributed by atoms with Gasteiger partial charge in [-0.2, -0.15) is 4.98 Å². The number of carbonyl (C=O) groups is 1. The van der Waals surface area contributed by atoms with Gasteiger partial charge in [0.2, 0.25) is 6.39 Å². The van der Waals surface area contributed by atoms with Gasteiger partial charge in [0, 0.05) is 12.2 Å². The minimum atomic E-state index is -0.772. The van der Waals surface area contributed by atoms with E-state index >= 15 is 0 Å². The van der Waals surface area contributed by atoms with Crippen molar-refractivity contribution in [3.8, 4) is 0 Å². The summed E-state index contributed by atoms with van der Waals surface area (Å²) >= 11 is 0. The first kappa shape index (κ1) is 11.7. The van der Waals surface area contributed by atoms with Gasteiger partial charge in [-0.25, -0.2) is 0 Å². The van der Waals surface area contributed by atoms with Crippen molar-refractivity contribution in [2.75, 3.05) is 11.4 Å². The van der Waals surface area contributed by atoms with E-state index in [2.05, 4.69) is 15.0 Å². The summed E-state index contributed by atoms with van der Waals surface area (Å²) in [6, 6.07) is 7.58. The molecule has 0 fully saturated rings. The lowest BCUT2D eigenvalue weighted by atomic mass is 9.90. The highest BCUT2D eigenvalue weighted by Gasteiger charge is 2.29. The molecule has 1 unspecified atom stereocenters. The predicted molar refractivity (Wildman–Crippen MR) is 66.8 cm³/mol. The van der Waals surface area contributed by atoms with E-state index in [9.17, 15) is 9.90 Å². The number of rotatable bonds is 3. The van der Waals surface area contributed by atoms with E-state index in [-0.39, 0.29) is 0 Å². The van der Waals surface area contributed by atoms with Gasteiger partial charge in [-0.05, 0) is 18.1 Å². The topological polar surface area (TPSA) is 79.5 Å². The molecule has 0 saturated heterocycles. The Morgan fingerprint density at radius 3 is 3.05 bits per heavy atom. The lowest BCUT2D eigenvalue weighted by molar-refractivity contribution is -0.139. The summed E-state index contributed by atoms with van der Waals surface area (Å²) in [4.78, 5) is 17.4. The molecule has 1 aliphatic rings. The number of hydrogen-bond donors (Lipinski definition) is 1. The quantitative estimate of drug-likeness (QED) is 0.902. The minimum Gasteiger partial charge on any atom is -0.481 e. The van der Waals surface area contributed by atoms with Gasteiger partial charge in [0.25, 0.3) is 0 Å². The Morgan fingerprint density at radius 1 is 1.47 bits per heavy atom. The molecule has 1 aliphatic heterocycles. The summed E-state index contributed by atoms with van der Waals surface area (Å²) < 4.78 is 4.72. The Labute approximate surface area is 109 Å². The van der Waals surface area contributed by atoms with Gasteiger partial charge >= 0.3 is 5.97 Å². The molecule has 0 aliphatic carbocycles. The maximum Gasteiger partial charge on any atom is 0.311 e. The van der Waals surface area contributed by atoms with E-state index in [4.69, 9.17) is 4.52 Å². The number of carboxylic acids is 1. The number of fused-ring (bicyclic) bond motifs is 1. The van der Waals surface area contributed by atoms with Crippen LogP contribution in [-0.4, -0.2) is 27.8 Å². The highest BCUT2D eigenvalue weighted by molar-refractivity contribution is 5.80. The average molecular weight is 259 g/mol. The molecule has 19 heavy (non-hydrogen) atoms. The lowest BCUT2D eigenvalue weighted by Crippen LogP contribution is -2.33. The van der Waals surface area contributed by atoms with E-state index in [1.54, 1.807) is 0 Å². The first-order valence-corrected chi connectivity index (χ1v) is 6.07. The highest BCUT2D eigenvalue weighted by atomic mass is 16.5. The molecule has 1 atom stereocenters. The number of carboxylic acid groups (broad SMARTS) is 1. The van der Waals surface area contributed by atoms with Crippen molar-refractivity contribution >= 4 is 11.7 Å². The average Bonchev–Trinajstić information content (AvgIpc) is 2.91. The molecule has 6 nitrogen and oxygen atoms in total. The van der Waals surface area contributed by atoms with Crippen molar-refractivity contribution in [3.05, 3.63) is 42.0 Å². The third-order valence-corrected chi connectivity index (χ3v) is 3.38. The maximum atomic E-state index is 11.3. The zero-order valence-corrected chi connectivity index (χ0v) is 10.2. The van der Waals surface area contributed by atoms with Gasteiger partial charge < -0.3 is 14.5 Å². The predicted octanol–water partition coefficient (Wildman–Crippen LogP) is 1.65. The van der Waals surface area contributed by atoms with E-state index in [0.717, 1.165) is 11.3 Å². The number of benzene rings is 1. The zero-order valence-electron chi connectivity index (χ0n) is 10.2. The molecule has 3 rings (SSSR count). The largest absolute Gasteiger partial charge is 0.481 e. The summed E-state index contributed by atoms with van der Waals surface area (Å²) in [7, 11) is 0. The molecule has 0 saturated carbocycles. The molecule has 0 spiro atoms. The minimum absolute atomic E-state index is 0.433. The Bertz CT molecular complexity index is 583. The zero-order chi connectivity index (χ0) is 13.2. The second-order valence-corrected chi connectivity index (χ2v) is 4.51. The van der Waals surface area contributed by atoms with Gasteiger partial charge in [-0.1, -0.05) is 23.4 Å². The molecule has 98 valence electrons. The molecule has 2 heterocycles. The molecule has 1 aromatic heterocycles. The summed E-state index contributed by atoms with van der Waals surface area (Å²) in [5.74, 6) is -0.604. The lowest BCUT2D eigenvalue weighted by Gasteiger charge is -2.33. The van der Waals surface area contributed by atoms with Crippen LogP contribution in [0.15, 0.2) is 35.2 Å². The van der Waals surface area contributed by atoms with E-state index in [0.29, 0.717) is 25.3 Å². The Kier molecular flexibility index (Phi) is 2.91. The number of aromatic nitrogens is 2. The van der Waals surface area contributed by atoms with Crippen molar-refractivity contribution in [1.82, 2.24) is 10.1 Å². The fourth-order valence-electron chi connectivity index (χ4n) is 2.48. The monoisotopic (exact) mass is 259 g/mol. The van der Waals surface area contributed by atoms with Crippen molar-refractivity contribution in [2.24, 2.45) is 0 Å². The molecule has 6 heteroatoms. The number of para-hydroxylation sites is 1. The van der Waals surface area contributed by atoms with Gasteiger partial charge in [-0.3, -0.25) is 4.79 Å². The van der Waals surface area contributed by atoms with Crippen molar-refractivity contribution in [2.45, 2.75) is 18.9 Å². The van der Waals surface area contributed by atoms with Gasteiger partial charge in [-0.15, -0.1) is 0 Å². The Hall–Kier alpha value is -2.37. The van der Waals surface area contributed by atoms with Crippen molar-refractivity contribution < 1.29 is 14.4 Å². The van der Waals surface area contributed by atoms with Crippen LogP contribution < -0.4 is 4.90 Å². The molecular weight excluding hydrogens is 246 g/mol. The van der Waals surface area contributed by atoms with Crippen molar-refractivity contribution in [3.63, 3.8) is 0 Å². The van der Waals surface area contributed by atoms with Crippen LogP contribution in [0.5, 0.6) is 0 Å². The first-order valence-electron chi connectivity index (χ1n) is 6.07. The van der Waals surface area contributed by atoms with Crippen LogP contribution in [0.2, 0.25) is 0 Å². The molecule has 0 radical (unpaired) electrons. The molecular formula is C13H13N3O3. The maximum absolute atomic E-state index is 11.3. The number of nitrogens with zero attached hydrogens (tertiary/aromatic N) is 3. The summed E-state index contributed by atoms with van der Waals surface area (Å²) in [6.45, 7) is 1.20. The fourth-order valence-corrected chi connectivity index (χ4v) is 2.48. The summed E-state index contributed by atoms with van der Waals surface area (Å²) in [6.07, 6.45) is 1.88. The Balaban J connectivity index is 1.92. The Morgan fingerprint density at radius 2 is 2.32 bits per heavy atom. The van der Waals surface area contributed by atoms with Crippen LogP contribution in [0.1, 0.15) is 23.7 Å². The van der Waals surface area contributed by atoms with Crippen molar-refractivity contribution in [1.29, 1.82) is 0 Å². The van der Waals surface area contributed by atoms with Crippen LogP contribution in [0.4, 0.5) is 5.69 Å². The van der Waals surface area contributed by atoms with Crippen LogP contribution in [0, 0.1) is 0 Å². The smallest absolute Gasteiger partial charge is 0.311 e. The van der Waals surface area contributed by atoms with Crippen LogP contribution in [-0.2, 0) is 11.3 Å². The van der Waals surface area contributed by atoms with Crippen LogP contribution >= 0.6 is 0 Å². The summed E-state index contributed by atoms with van der Waals surface area (Å²) in [5.41, 5.74) is 1.79. The molecule has 0 bridgehead atoms. The SMILES string of the molecule is O=C(O)C1CCN(Cc2ncon2)c2ccccc21. The van der Waals surface area contributed by atoms with Crippen LogP contribution in [0.25, 0.3) is 0 Å². The number of hydrogen-bond acceptors (Lipinski definition) is 5. The van der Waals surface area contributed by atoms with E-state index in [1.807, 2.05) is 24.3 Å². The highest BCUT2D eigenvalue weighted by Crippen LogP contribution is 2.35. The molecule has 0 amide bonds. The molecule has 1 N–H and O–H groups in total. The third-order valence-electron chi connectivity index (χ3n) is 3.38. The number of aliphatic carboxylic acids is 1. The third kappa shape index (κ3) is 2.16. The second-order valence-electron chi connectivity index (χ2n) is 4.51. The summed E-state index contributed by atoms with van der Waals surface area (Å²) in [5, 5.41) is 13.1.